The monoisotopic (exact) mass is 288 g/mol. The molecule has 1 aliphatic carbocycles. The van der Waals surface area contributed by atoms with Crippen molar-refractivity contribution in [2.75, 3.05) is 18.0 Å². The Bertz CT molecular complexity index is 449. The summed E-state index contributed by atoms with van der Waals surface area (Å²) in [5.41, 5.74) is 4.85. The minimum Gasteiger partial charge on any atom is -0.338 e. The van der Waals surface area contributed by atoms with Crippen molar-refractivity contribution in [2.45, 2.75) is 38.4 Å². The molecule has 0 saturated heterocycles. The van der Waals surface area contributed by atoms with Gasteiger partial charge in [0.15, 0.2) is 0 Å². The second-order valence-corrected chi connectivity index (χ2v) is 5.02. The molecule has 2 rings (SSSR count). The molecular weight excluding hydrogens is 269 g/mol. The molecule has 1 saturated carbocycles. The third-order valence-electron chi connectivity index (χ3n) is 3.85. The summed E-state index contributed by atoms with van der Waals surface area (Å²) in [7, 11) is 0. The van der Waals surface area contributed by atoms with E-state index in [2.05, 4.69) is 9.97 Å². The van der Waals surface area contributed by atoms with Gasteiger partial charge in [0.25, 0.3) is 0 Å². The minimum atomic E-state index is -4.44. The zero-order chi connectivity index (χ0) is 14.8. The first-order valence-corrected chi connectivity index (χ1v) is 6.84. The average molecular weight is 288 g/mol. The van der Waals surface area contributed by atoms with E-state index in [1.54, 1.807) is 0 Å². The van der Waals surface area contributed by atoms with Gasteiger partial charge >= 0.3 is 6.18 Å². The van der Waals surface area contributed by atoms with Crippen molar-refractivity contribution < 1.29 is 13.2 Å². The number of nitrogens with two attached hydrogens (primary N) is 1. The number of hydrogen-bond donors (Lipinski definition) is 1. The lowest BCUT2D eigenvalue weighted by molar-refractivity contribution is -0.141. The molecule has 1 heterocycles. The molecule has 0 aromatic carbocycles. The van der Waals surface area contributed by atoms with E-state index in [1.165, 1.54) is 6.20 Å². The Morgan fingerprint density at radius 1 is 1.40 bits per heavy atom. The second-order valence-electron chi connectivity index (χ2n) is 5.02. The van der Waals surface area contributed by atoms with Gasteiger partial charge in [-0.1, -0.05) is 6.42 Å². The molecule has 20 heavy (non-hydrogen) atoms. The highest BCUT2D eigenvalue weighted by Crippen LogP contribution is 2.32. The van der Waals surface area contributed by atoms with E-state index in [1.807, 2.05) is 11.8 Å². The Morgan fingerprint density at radius 2 is 2.15 bits per heavy atom. The summed E-state index contributed by atoms with van der Waals surface area (Å²) in [5, 5.41) is 0. The van der Waals surface area contributed by atoms with Crippen molar-refractivity contribution >= 4 is 5.95 Å². The predicted molar refractivity (Wildman–Crippen MR) is 70.2 cm³/mol. The number of halogens is 3. The number of hydrogen-bond acceptors (Lipinski definition) is 4. The lowest BCUT2D eigenvalue weighted by Gasteiger charge is -2.32. The predicted octanol–water partition coefficient (Wildman–Crippen LogP) is 2.45. The van der Waals surface area contributed by atoms with Crippen molar-refractivity contribution in [3.8, 4) is 0 Å². The summed E-state index contributed by atoms with van der Waals surface area (Å²) in [4.78, 5) is 9.54. The number of nitrogens with zero attached hydrogens (tertiary/aromatic N) is 3. The van der Waals surface area contributed by atoms with Gasteiger partial charge in [-0.25, -0.2) is 9.97 Å². The summed E-state index contributed by atoms with van der Waals surface area (Å²) in [6.07, 6.45) is -0.297. The smallest absolute Gasteiger partial charge is 0.338 e. The van der Waals surface area contributed by atoms with Gasteiger partial charge in [-0.3, -0.25) is 0 Å². The Hall–Kier alpha value is -1.37. The fraction of sp³-hybridized carbons (Fsp3) is 0.692. The number of rotatable bonds is 4. The zero-order valence-electron chi connectivity index (χ0n) is 11.4. The summed E-state index contributed by atoms with van der Waals surface area (Å²) in [6, 6.07) is 1.03. The van der Waals surface area contributed by atoms with Gasteiger partial charge in [0.1, 0.15) is 5.69 Å². The van der Waals surface area contributed by atoms with Crippen molar-refractivity contribution in [2.24, 2.45) is 11.7 Å². The van der Waals surface area contributed by atoms with Crippen LogP contribution in [-0.4, -0.2) is 29.1 Å². The molecule has 4 nitrogen and oxygen atoms in total. The van der Waals surface area contributed by atoms with Crippen molar-refractivity contribution in [1.29, 1.82) is 0 Å². The van der Waals surface area contributed by atoms with E-state index >= 15 is 0 Å². The third kappa shape index (κ3) is 3.03. The molecule has 0 radical (unpaired) electrons. The van der Waals surface area contributed by atoms with Crippen LogP contribution in [0, 0.1) is 5.92 Å². The van der Waals surface area contributed by atoms with E-state index in [4.69, 9.17) is 5.73 Å². The average Bonchev–Trinajstić information content (AvgIpc) is 2.87. The highest BCUT2D eigenvalue weighted by molar-refractivity contribution is 5.33. The first-order chi connectivity index (χ1) is 9.47. The van der Waals surface area contributed by atoms with Crippen molar-refractivity contribution in [1.82, 2.24) is 9.97 Å². The fourth-order valence-corrected chi connectivity index (χ4v) is 2.87. The first-order valence-electron chi connectivity index (χ1n) is 6.84. The molecule has 112 valence electrons. The van der Waals surface area contributed by atoms with Gasteiger partial charge < -0.3 is 10.6 Å². The van der Waals surface area contributed by atoms with E-state index in [9.17, 15) is 13.2 Å². The Labute approximate surface area is 116 Å². The quantitative estimate of drug-likeness (QED) is 0.924. The molecule has 7 heteroatoms. The highest BCUT2D eigenvalue weighted by atomic mass is 19.4. The van der Waals surface area contributed by atoms with Crippen LogP contribution in [0.3, 0.4) is 0 Å². The van der Waals surface area contributed by atoms with Gasteiger partial charge in [0.05, 0.1) is 0 Å². The molecule has 0 amide bonds. The van der Waals surface area contributed by atoms with Crippen LogP contribution in [0.5, 0.6) is 0 Å². The maximum atomic E-state index is 12.7. The minimum absolute atomic E-state index is 0.133. The summed E-state index contributed by atoms with van der Waals surface area (Å²) < 4.78 is 38.2. The molecule has 0 spiro atoms. The molecule has 2 unspecified atom stereocenters. The van der Waals surface area contributed by atoms with Gasteiger partial charge in [-0.2, -0.15) is 13.2 Å². The number of anilines is 1. The SMILES string of the molecule is CCN(c1nccc(C(F)(F)F)n1)C1CCCC1CN. The van der Waals surface area contributed by atoms with Gasteiger partial charge in [0, 0.05) is 18.8 Å². The third-order valence-corrected chi connectivity index (χ3v) is 3.85. The summed E-state index contributed by atoms with van der Waals surface area (Å²) in [6.45, 7) is 3.01. The number of alkyl halides is 3. The molecule has 1 fully saturated rings. The standard InChI is InChI=1S/C13H19F3N4/c1-2-20(10-5-3-4-9(10)8-17)12-18-7-6-11(19-12)13(14,15)16/h6-7,9-10H,2-5,8,17H2,1H3. The molecule has 1 aliphatic rings. The van der Waals surface area contributed by atoms with Gasteiger partial charge in [-0.15, -0.1) is 0 Å². The van der Waals surface area contributed by atoms with E-state index in [0.717, 1.165) is 25.3 Å². The zero-order valence-corrected chi connectivity index (χ0v) is 11.4. The first kappa shape index (κ1) is 15.0. The van der Waals surface area contributed by atoms with Crippen LogP contribution in [0.25, 0.3) is 0 Å². The second kappa shape index (κ2) is 5.95. The largest absolute Gasteiger partial charge is 0.433 e. The summed E-state index contributed by atoms with van der Waals surface area (Å²) in [5.74, 6) is 0.445. The molecule has 0 bridgehead atoms. The number of aromatic nitrogens is 2. The van der Waals surface area contributed by atoms with Crippen LogP contribution in [0.4, 0.5) is 19.1 Å². The van der Waals surface area contributed by atoms with Crippen molar-refractivity contribution in [3.05, 3.63) is 18.0 Å². The Morgan fingerprint density at radius 3 is 2.75 bits per heavy atom. The van der Waals surface area contributed by atoms with E-state index < -0.39 is 11.9 Å². The Balaban J connectivity index is 2.28. The molecule has 2 N–H and O–H groups in total. The molecule has 2 atom stereocenters. The lowest BCUT2D eigenvalue weighted by Crippen LogP contribution is -2.41. The fourth-order valence-electron chi connectivity index (χ4n) is 2.87. The molecule has 0 aliphatic heterocycles. The molecule has 1 aromatic heterocycles. The van der Waals surface area contributed by atoms with Gasteiger partial charge in [-0.05, 0) is 38.3 Å². The molecular formula is C13H19F3N4. The van der Waals surface area contributed by atoms with Crippen LogP contribution in [0.1, 0.15) is 31.9 Å². The van der Waals surface area contributed by atoms with E-state index in [0.29, 0.717) is 19.0 Å². The maximum absolute atomic E-state index is 12.7. The maximum Gasteiger partial charge on any atom is 0.433 e. The van der Waals surface area contributed by atoms with Crippen molar-refractivity contribution in [3.63, 3.8) is 0 Å². The normalized spacial score (nSPS) is 23.1. The van der Waals surface area contributed by atoms with Gasteiger partial charge in [0.2, 0.25) is 5.95 Å². The summed E-state index contributed by atoms with van der Waals surface area (Å²) >= 11 is 0. The molecule has 1 aromatic rings. The van der Waals surface area contributed by atoms with Crippen LogP contribution < -0.4 is 10.6 Å². The lowest BCUT2D eigenvalue weighted by atomic mass is 10.0. The van der Waals surface area contributed by atoms with Crippen LogP contribution in [0.2, 0.25) is 0 Å². The van der Waals surface area contributed by atoms with E-state index in [-0.39, 0.29) is 12.0 Å². The van der Waals surface area contributed by atoms with Crippen LogP contribution in [0.15, 0.2) is 12.3 Å². The van der Waals surface area contributed by atoms with Crippen LogP contribution >= 0.6 is 0 Å². The Kier molecular flexibility index (Phi) is 4.47. The topological polar surface area (TPSA) is 55.0 Å². The highest BCUT2D eigenvalue weighted by Gasteiger charge is 2.35. The van der Waals surface area contributed by atoms with Crippen LogP contribution in [-0.2, 0) is 6.18 Å².